The van der Waals surface area contributed by atoms with Gasteiger partial charge in [-0.2, -0.15) is 9.50 Å². The van der Waals surface area contributed by atoms with Crippen LogP contribution in [0.1, 0.15) is 17.0 Å². The molecule has 0 spiro atoms. The largest absolute Gasteiger partial charge is 0.425 e. The number of halogens is 1. The smallest absolute Gasteiger partial charge is 0.325 e. The molecule has 1 aliphatic heterocycles. The molecule has 3 heterocycles. The first-order chi connectivity index (χ1) is 12.7. The first-order valence-corrected chi connectivity index (χ1v) is 9.01. The number of aromatic nitrogens is 3. The molecule has 2 aromatic heterocycles. The van der Waals surface area contributed by atoms with Crippen molar-refractivity contribution in [1.82, 2.24) is 14.6 Å². The lowest BCUT2D eigenvalue weighted by molar-refractivity contribution is 0.527. The van der Waals surface area contributed by atoms with Crippen LogP contribution in [0.25, 0.3) is 17.2 Å². The molecular weight excluding hydrogens is 348 g/mol. The van der Waals surface area contributed by atoms with Crippen molar-refractivity contribution < 1.29 is 4.42 Å². The van der Waals surface area contributed by atoms with Crippen LogP contribution in [0.2, 0.25) is 5.02 Å². The predicted molar refractivity (Wildman–Crippen MR) is 102 cm³/mol. The molecule has 5 rings (SSSR count). The van der Waals surface area contributed by atoms with Crippen molar-refractivity contribution in [1.29, 1.82) is 0 Å². The number of oxazole rings is 1. The van der Waals surface area contributed by atoms with E-state index in [0.717, 1.165) is 36.5 Å². The van der Waals surface area contributed by atoms with Gasteiger partial charge in [-0.1, -0.05) is 41.9 Å². The van der Waals surface area contributed by atoms with Crippen LogP contribution in [0.4, 0.5) is 5.69 Å². The fourth-order valence-corrected chi connectivity index (χ4v) is 3.75. The maximum atomic E-state index is 6.26. The van der Waals surface area contributed by atoms with Gasteiger partial charge in [0.05, 0.1) is 17.3 Å². The highest BCUT2D eigenvalue weighted by molar-refractivity contribution is 6.33. The summed E-state index contributed by atoms with van der Waals surface area (Å²) in [6, 6.07) is 16.1. The van der Waals surface area contributed by atoms with Gasteiger partial charge in [0.1, 0.15) is 5.76 Å². The normalized spacial score (nSPS) is 13.5. The first-order valence-electron chi connectivity index (χ1n) is 8.63. The molecule has 1 aliphatic rings. The minimum atomic E-state index is 0.500. The third kappa shape index (κ3) is 2.39. The SMILES string of the molecule is Cc1c(CN2CCc3ccccc32)oc2nc(-c3ccccc3Cl)nn12. The number of nitrogens with zero attached hydrogens (tertiary/aromatic N) is 4. The molecule has 0 saturated carbocycles. The van der Waals surface area contributed by atoms with Gasteiger partial charge in [-0.15, -0.1) is 5.10 Å². The average Bonchev–Trinajstić information content (AvgIpc) is 3.32. The summed E-state index contributed by atoms with van der Waals surface area (Å²) < 4.78 is 7.78. The Bertz CT molecular complexity index is 1110. The number of hydrogen-bond acceptors (Lipinski definition) is 4. The zero-order valence-corrected chi connectivity index (χ0v) is 15.1. The van der Waals surface area contributed by atoms with Crippen LogP contribution in [-0.2, 0) is 13.0 Å². The zero-order chi connectivity index (χ0) is 17.7. The van der Waals surface area contributed by atoms with Crippen LogP contribution in [0, 0.1) is 6.92 Å². The minimum absolute atomic E-state index is 0.500. The van der Waals surface area contributed by atoms with Crippen molar-refractivity contribution in [3.63, 3.8) is 0 Å². The third-order valence-corrected chi connectivity index (χ3v) is 5.28. The van der Waals surface area contributed by atoms with Gasteiger partial charge >= 0.3 is 5.84 Å². The summed E-state index contributed by atoms with van der Waals surface area (Å²) in [5.41, 5.74) is 4.45. The third-order valence-electron chi connectivity index (χ3n) is 4.95. The van der Waals surface area contributed by atoms with Gasteiger partial charge in [0.15, 0.2) is 5.82 Å². The lowest BCUT2D eigenvalue weighted by Crippen LogP contribution is -2.19. The highest BCUT2D eigenvalue weighted by atomic mass is 35.5. The maximum Gasteiger partial charge on any atom is 0.325 e. The summed E-state index contributed by atoms with van der Waals surface area (Å²) in [5.74, 6) is 1.97. The fourth-order valence-electron chi connectivity index (χ4n) is 3.53. The molecule has 2 aromatic carbocycles. The van der Waals surface area contributed by atoms with Crippen LogP contribution in [-0.4, -0.2) is 21.1 Å². The van der Waals surface area contributed by atoms with Crippen LogP contribution >= 0.6 is 11.6 Å². The second kappa shape index (κ2) is 5.88. The molecule has 0 unspecified atom stereocenters. The Morgan fingerprint density at radius 1 is 1.12 bits per heavy atom. The Balaban J connectivity index is 1.48. The van der Waals surface area contributed by atoms with Crippen molar-refractivity contribution in [2.24, 2.45) is 0 Å². The first kappa shape index (κ1) is 15.5. The van der Waals surface area contributed by atoms with Crippen molar-refractivity contribution in [3.05, 3.63) is 70.6 Å². The molecule has 6 heteroatoms. The van der Waals surface area contributed by atoms with Crippen molar-refractivity contribution >= 4 is 23.1 Å². The molecule has 0 saturated heterocycles. The Morgan fingerprint density at radius 2 is 1.92 bits per heavy atom. The summed E-state index contributed by atoms with van der Waals surface area (Å²) in [7, 11) is 0. The summed E-state index contributed by atoms with van der Waals surface area (Å²) >= 11 is 6.26. The number of rotatable bonds is 3. The molecule has 130 valence electrons. The van der Waals surface area contributed by atoms with E-state index < -0.39 is 0 Å². The second-order valence-corrected chi connectivity index (χ2v) is 6.93. The minimum Gasteiger partial charge on any atom is -0.425 e. The van der Waals surface area contributed by atoms with E-state index in [1.165, 1.54) is 11.3 Å². The summed E-state index contributed by atoms with van der Waals surface area (Å²) in [6.45, 7) is 3.73. The van der Waals surface area contributed by atoms with Crippen LogP contribution in [0.3, 0.4) is 0 Å². The zero-order valence-electron chi connectivity index (χ0n) is 14.3. The molecule has 0 aliphatic carbocycles. The molecule has 0 atom stereocenters. The quantitative estimate of drug-likeness (QED) is 0.536. The van der Waals surface area contributed by atoms with Gasteiger partial charge < -0.3 is 9.32 Å². The van der Waals surface area contributed by atoms with E-state index in [-0.39, 0.29) is 0 Å². The molecule has 26 heavy (non-hydrogen) atoms. The molecular formula is C20H17ClN4O. The standard InChI is InChI=1S/C20H17ClN4O/c1-13-18(12-24-11-10-14-6-2-5-9-17(14)24)26-20-22-19(23-25(13)20)15-7-3-4-8-16(15)21/h2-9H,10-12H2,1H3. The van der Waals surface area contributed by atoms with Crippen LogP contribution < -0.4 is 4.90 Å². The van der Waals surface area contributed by atoms with Crippen LogP contribution in [0.15, 0.2) is 52.9 Å². The van der Waals surface area contributed by atoms with Crippen molar-refractivity contribution in [2.45, 2.75) is 19.9 Å². The van der Waals surface area contributed by atoms with Crippen molar-refractivity contribution in [2.75, 3.05) is 11.4 Å². The van der Waals surface area contributed by atoms with Gasteiger partial charge in [-0.3, -0.25) is 0 Å². The Labute approximate surface area is 155 Å². The number of anilines is 1. The van der Waals surface area contributed by atoms with E-state index in [4.69, 9.17) is 16.0 Å². The molecule has 4 aromatic rings. The molecule has 0 amide bonds. The second-order valence-electron chi connectivity index (χ2n) is 6.52. The summed E-state index contributed by atoms with van der Waals surface area (Å²) in [6.07, 6.45) is 1.07. The van der Waals surface area contributed by atoms with Gasteiger partial charge in [0.2, 0.25) is 0 Å². The van der Waals surface area contributed by atoms with E-state index in [9.17, 15) is 0 Å². The van der Waals surface area contributed by atoms with E-state index in [1.54, 1.807) is 4.52 Å². The van der Waals surface area contributed by atoms with Crippen molar-refractivity contribution in [3.8, 4) is 11.4 Å². The molecule has 0 bridgehead atoms. The Hall–Kier alpha value is -2.79. The topological polar surface area (TPSA) is 46.6 Å². The highest BCUT2D eigenvalue weighted by Crippen LogP contribution is 2.31. The van der Waals surface area contributed by atoms with Crippen LogP contribution in [0.5, 0.6) is 0 Å². The van der Waals surface area contributed by atoms with E-state index in [2.05, 4.69) is 39.2 Å². The van der Waals surface area contributed by atoms with Gasteiger partial charge in [-0.25, -0.2) is 0 Å². The fraction of sp³-hybridized carbons (Fsp3) is 0.200. The molecule has 5 nitrogen and oxygen atoms in total. The number of aryl methyl sites for hydroxylation is 1. The molecule has 0 N–H and O–H groups in total. The number of fused-ring (bicyclic) bond motifs is 2. The average molecular weight is 365 g/mol. The monoisotopic (exact) mass is 364 g/mol. The van der Waals surface area contributed by atoms with Gasteiger partial charge in [0.25, 0.3) is 0 Å². The van der Waals surface area contributed by atoms with E-state index >= 15 is 0 Å². The molecule has 0 fully saturated rings. The lowest BCUT2D eigenvalue weighted by Gasteiger charge is -2.17. The van der Waals surface area contributed by atoms with Gasteiger partial charge in [0, 0.05) is 17.8 Å². The summed E-state index contributed by atoms with van der Waals surface area (Å²) in [5, 5.41) is 5.22. The number of para-hydroxylation sites is 1. The Morgan fingerprint density at radius 3 is 2.77 bits per heavy atom. The number of benzene rings is 2. The van der Waals surface area contributed by atoms with E-state index in [1.807, 2.05) is 31.2 Å². The highest BCUT2D eigenvalue weighted by Gasteiger charge is 2.23. The maximum absolute atomic E-state index is 6.26. The predicted octanol–water partition coefficient (Wildman–Crippen LogP) is 4.51. The van der Waals surface area contributed by atoms with E-state index in [0.29, 0.717) is 16.7 Å². The Kier molecular flexibility index (Phi) is 3.50. The van der Waals surface area contributed by atoms with Gasteiger partial charge in [-0.05, 0) is 37.1 Å². The summed E-state index contributed by atoms with van der Waals surface area (Å²) in [4.78, 5) is 6.87. The lowest BCUT2D eigenvalue weighted by atomic mass is 10.2. The molecule has 0 radical (unpaired) electrons. The number of hydrogen-bond donors (Lipinski definition) is 0.